The quantitative estimate of drug-likeness (QED) is 0.764. The molecule has 0 radical (unpaired) electrons. The Kier molecular flexibility index (Phi) is 3.39. The number of benzene rings is 1. The van der Waals surface area contributed by atoms with Gasteiger partial charge in [-0.1, -0.05) is 18.2 Å². The Morgan fingerprint density at radius 2 is 2.15 bits per heavy atom. The summed E-state index contributed by atoms with van der Waals surface area (Å²) in [4.78, 5) is 0. The third kappa shape index (κ3) is 2.51. The summed E-state index contributed by atoms with van der Waals surface area (Å²) in [6.07, 6.45) is 3.83. The highest BCUT2D eigenvalue weighted by atomic mass is 16.3. The number of pyridine rings is 1. The van der Waals surface area contributed by atoms with E-state index in [2.05, 4.69) is 23.4 Å². The lowest BCUT2D eigenvalue weighted by Gasteiger charge is -2.14. The molecule has 0 saturated carbocycles. The highest BCUT2D eigenvalue weighted by molar-refractivity contribution is 5.53. The van der Waals surface area contributed by atoms with Crippen LogP contribution in [0.4, 0.5) is 0 Å². The van der Waals surface area contributed by atoms with Crippen LogP contribution in [0.15, 0.2) is 54.9 Å². The van der Waals surface area contributed by atoms with Gasteiger partial charge in [0.2, 0.25) is 0 Å². The van der Waals surface area contributed by atoms with E-state index >= 15 is 0 Å². The lowest BCUT2D eigenvalue weighted by molar-refractivity contribution is 0.472. The minimum atomic E-state index is 0.167. The monoisotopic (exact) mass is 267 g/mol. The Labute approximate surface area is 117 Å². The summed E-state index contributed by atoms with van der Waals surface area (Å²) in [5, 5.41) is 17.3. The summed E-state index contributed by atoms with van der Waals surface area (Å²) < 4.78 is 1.87. The van der Waals surface area contributed by atoms with Crippen LogP contribution in [0.2, 0.25) is 0 Å². The molecule has 2 aromatic heterocycles. The third-order valence-electron chi connectivity index (χ3n) is 3.48. The van der Waals surface area contributed by atoms with Crippen LogP contribution in [0.1, 0.15) is 24.1 Å². The number of aromatic hydroxyl groups is 1. The van der Waals surface area contributed by atoms with E-state index in [1.54, 1.807) is 12.1 Å². The average molecular weight is 267 g/mol. The molecule has 0 spiro atoms. The number of phenolic OH excluding ortho intramolecular Hbond substituents is 1. The zero-order chi connectivity index (χ0) is 13.9. The molecule has 3 aromatic rings. The van der Waals surface area contributed by atoms with Gasteiger partial charge in [-0.25, -0.2) is 4.52 Å². The van der Waals surface area contributed by atoms with Gasteiger partial charge in [-0.2, -0.15) is 5.10 Å². The molecule has 1 atom stereocenters. The Morgan fingerprint density at radius 1 is 1.25 bits per heavy atom. The van der Waals surface area contributed by atoms with Crippen molar-refractivity contribution in [3.05, 3.63) is 66.0 Å². The molecule has 0 amide bonds. The maximum Gasteiger partial charge on any atom is 0.115 e. The average Bonchev–Trinajstić information content (AvgIpc) is 2.88. The number of nitrogens with one attached hydrogen (secondary N) is 1. The van der Waals surface area contributed by atoms with Crippen LogP contribution >= 0.6 is 0 Å². The van der Waals surface area contributed by atoms with Crippen molar-refractivity contribution < 1.29 is 5.11 Å². The van der Waals surface area contributed by atoms with Crippen LogP contribution in [0.3, 0.4) is 0 Å². The molecule has 102 valence electrons. The standard InChI is InChI=1S/C16H17N3O/c1-12(13-5-4-6-15(20)9-13)17-10-14-11-18-19-8-3-2-7-16(14)19/h2-9,11-12,17,20H,10H2,1H3. The predicted molar refractivity (Wildman–Crippen MR) is 78.6 cm³/mol. The van der Waals surface area contributed by atoms with E-state index in [0.717, 1.165) is 23.2 Å². The van der Waals surface area contributed by atoms with E-state index in [4.69, 9.17) is 0 Å². The first-order valence-corrected chi connectivity index (χ1v) is 6.67. The zero-order valence-corrected chi connectivity index (χ0v) is 11.3. The van der Waals surface area contributed by atoms with E-state index in [9.17, 15) is 5.11 Å². The van der Waals surface area contributed by atoms with Gasteiger partial charge in [0, 0.05) is 24.3 Å². The van der Waals surface area contributed by atoms with Crippen molar-refractivity contribution in [3.8, 4) is 5.75 Å². The van der Waals surface area contributed by atoms with E-state index in [-0.39, 0.29) is 6.04 Å². The number of nitrogens with zero attached hydrogens (tertiary/aromatic N) is 2. The Bertz CT molecular complexity index is 720. The molecule has 1 aromatic carbocycles. The van der Waals surface area contributed by atoms with Crippen molar-refractivity contribution in [2.24, 2.45) is 0 Å². The second kappa shape index (κ2) is 5.35. The van der Waals surface area contributed by atoms with Gasteiger partial charge in [0.15, 0.2) is 0 Å². The summed E-state index contributed by atoms with van der Waals surface area (Å²) in [7, 11) is 0. The van der Waals surface area contributed by atoms with Crippen molar-refractivity contribution in [2.45, 2.75) is 19.5 Å². The molecule has 0 aliphatic carbocycles. The summed E-state index contributed by atoms with van der Waals surface area (Å²) in [5.41, 5.74) is 3.35. The van der Waals surface area contributed by atoms with Crippen molar-refractivity contribution >= 4 is 5.52 Å². The molecular weight excluding hydrogens is 250 g/mol. The molecule has 0 aliphatic heterocycles. The third-order valence-corrected chi connectivity index (χ3v) is 3.48. The first-order valence-electron chi connectivity index (χ1n) is 6.67. The molecule has 2 N–H and O–H groups in total. The van der Waals surface area contributed by atoms with E-state index < -0.39 is 0 Å². The van der Waals surface area contributed by atoms with Gasteiger partial charge in [0.1, 0.15) is 5.75 Å². The number of rotatable bonds is 4. The predicted octanol–water partition coefficient (Wildman–Crippen LogP) is 2.89. The summed E-state index contributed by atoms with van der Waals surface area (Å²) in [6, 6.07) is 13.5. The maximum absolute atomic E-state index is 9.51. The van der Waals surface area contributed by atoms with Crippen LogP contribution in [0.25, 0.3) is 5.52 Å². The molecule has 2 heterocycles. The molecule has 0 aliphatic rings. The molecule has 0 bridgehead atoms. The Balaban J connectivity index is 1.73. The molecule has 4 heteroatoms. The van der Waals surface area contributed by atoms with Crippen LogP contribution < -0.4 is 5.32 Å². The van der Waals surface area contributed by atoms with Crippen molar-refractivity contribution in [1.82, 2.24) is 14.9 Å². The molecule has 0 fully saturated rings. The largest absolute Gasteiger partial charge is 0.508 e. The second-order valence-corrected chi connectivity index (χ2v) is 4.90. The topological polar surface area (TPSA) is 49.6 Å². The molecule has 0 saturated heterocycles. The van der Waals surface area contributed by atoms with Crippen molar-refractivity contribution in [1.29, 1.82) is 0 Å². The van der Waals surface area contributed by atoms with Gasteiger partial charge in [-0.15, -0.1) is 0 Å². The van der Waals surface area contributed by atoms with Crippen LogP contribution in [-0.4, -0.2) is 14.7 Å². The molecule has 4 nitrogen and oxygen atoms in total. The zero-order valence-electron chi connectivity index (χ0n) is 11.3. The number of phenols is 1. The summed E-state index contributed by atoms with van der Waals surface area (Å²) in [6.45, 7) is 2.82. The van der Waals surface area contributed by atoms with E-state index in [0.29, 0.717) is 5.75 Å². The first kappa shape index (κ1) is 12.7. The fraction of sp³-hybridized carbons (Fsp3) is 0.188. The number of fused-ring (bicyclic) bond motifs is 1. The lowest BCUT2D eigenvalue weighted by atomic mass is 10.1. The lowest BCUT2D eigenvalue weighted by Crippen LogP contribution is -2.17. The maximum atomic E-state index is 9.51. The van der Waals surface area contributed by atoms with E-state index in [1.807, 2.05) is 41.2 Å². The van der Waals surface area contributed by atoms with Gasteiger partial charge >= 0.3 is 0 Å². The van der Waals surface area contributed by atoms with Crippen LogP contribution in [0, 0.1) is 0 Å². The van der Waals surface area contributed by atoms with E-state index in [1.165, 1.54) is 0 Å². The summed E-state index contributed by atoms with van der Waals surface area (Å²) in [5.74, 6) is 0.298. The Hall–Kier alpha value is -2.33. The summed E-state index contributed by atoms with van der Waals surface area (Å²) >= 11 is 0. The highest BCUT2D eigenvalue weighted by Gasteiger charge is 2.08. The molecule has 20 heavy (non-hydrogen) atoms. The second-order valence-electron chi connectivity index (χ2n) is 4.90. The first-order chi connectivity index (χ1) is 9.74. The van der Waals surface area contributed by atoms with Crippen LogP contribution in [0.5, 0.6) is 5.75 Å². The highest BCUT2D eigenvalue weighted by Crippen LogP contribution is 2.19. The SMILES string of the molecule is CC(NCc1cnn2ccccc12)c1cccc(O)c1. The van der Waals surface area contributed by atoms with Gasteiger partial charge < -0.3 is 10.4 Å². The Morgan fingerprint density at radius 3 is 3.00 bits per heavy atom. The number of hydrogen-bond donors (Lipinski definition) is 2. The van der Waals surface area contributed by atoms with Gasteiger partial charge in [0.25, 0.3) is 0 Å². The van der Waals surface area contributed by atoms with Gasteiger partial charge in [-0.3, -0.25) is 0 Å². The fourth-order valence-electron chi connectivity index (χ4n) is 2.30. The molecule has 1 unspecified atom stereocenters. The smallest absolute Gasteiger partial charge is 0.115 e. The van der Waals surface area contributed by atoms with Crippen molar-refractivity contribution in [2.75, 3.05) is 0 Å². The number of hydrogen-bond acceptors (Lipinski definition) is 3. The van der Waals surface area contributed by atoms with Gasteiger partial charge in [-0.05, 0) is 36.8 Å². The minimum Gasteiger partial charge on any atom is -0.508 e. The normalized spacial score (nSPS) is 12.7. The number of aromatic nitrogens is 2. The van der Waals surface area contributed by atoms with Gasteiger partial charge in [0.05, 0.1) is 11.7 Å². The fourth-order valence-corrected chi connectivity index (χ4v) is 2.30. The van der Waals surface area contributed by atoms with Crippen LogP contribution in [-0.2, 0) is 6.54 Å². The van der Waals surface area contributed by atoms with Crippen molar-refractivity contribution in [3.63, 3.8) is 0 Å². The molecular formula is C16H17N3O. The minimum absolute atomic E-state index is 0.167. The molecule has 3 rings (SSSR count).